The highest BCUT2D eigenvalue weighted by Crippen LogP contribution is 2.11. The van der Waals surface area contributed by atoms with Gasteiger partial charge in [0, 0.05) is 54.0 Å². The van der Waals surface area contributed by atoms with Gasteiger partial charge in [-0.3, -0.25) is 14.0 Å². The molecule has 94 valence electrons. The fourth-order valence-corrected chi connectivity index (χ4v) is 1.56. The number of nitrogens with zero attached hydrogens (tertiary/aromatic N) is 1. The zero-order valence-electron chi connectivity index (χ0n) is 10.2. The maximum atomic E-state index is 11.9. The number of amides is 1. The van der Waals surface area contributed by atoms with Gasteiger partial charge in [-0.2, -0.15) is 0 Å². The molecule has 2 N–H and O–H groups in total. The number of aromatic nitrogens is 1. The molecule has 2 unspecified atom stereocenters. The number of rotatable bonds is 5. The first-order chi connectivity index (χ1) is 8.06. The van der Waals surface area contributed by atoms with E-state index in [4.69, 9.17) is 0 Å². The van der Waals surface area contributed by atoms with E-state index in [0.29, 0.717) is 12.1 Å². The number of hydrogen-bond donors (Lipinski definition) is 2. The Morgan fingerprint density at radius 1 is 1.59 bits per heavy atom. The van der Waals surface area contributed by atoms with E-state index in [2.05, 4.69) is 15.6 Å². The summed E-state index contributed by atoms with van der Waals surface area (Å²) in [5.74, 6) is -0.209. The van der Waals surface area contributed by atoms with E-state index in [1.165, 1.54) is 6.20 Å². The summed E-state index contributed by atoms with van der Waals surface area (Å²) in [4.78, 5) is 15.8. The Bertz CT molecular complexity index is 423. The minimum atomic E-state index is -0.936. The van der Waals surface area contributed by atoms with Crippen molar-refractivity contribution >= 4 is 22.4 Å². The first-order valence-corrected chi connectivity index (χ1v) is 6.90. The van der Waals surface area contributed by atoms with Crippen molar-refractivity contribution in [3.63, 3.8) is 0 Å². The Labute approximate surface area is 103 Å². The maximum absolute atomic E-state index is 11.9. The second-order valence-electron chi connectivity index (χ2n) is 3.69. The largest absolute Gasteiger partial charge is 0.387 e. The van der Waals surface area contributed by atoms with Crippen molar-refractivity contribution in [2.75, 3.05) is 25.2 Å². The van der Waals surface area contributed by atoms with Crippen LogP contribution in [-0.4, -0.2) is 40.2 Å². The molecule has 1 amide bonds. The molecule has 5 nitrogen and oxygen atoms in total. The molecule has 17 heavy (non-hydrogen) atoms. The highest BCUT2D eigenvalue weighted by Gasteiger charge is 2.12. The van der Waals surface area contributed by atoms with Gasteiger partial charge in [-0.05, 0) is 13.0 Å². The first-order valence-electron chi connectivity index (χ1n) is 5.28. The lowest BCUT2D eigenvalue weighted by Gasteiger charge is -2.11. The second kappa shape index (κ2) is 6.34. The molecular weight excluding hydrogens is 238 g/mol. The third-order valence-electron chi connectivity index (χ3n) is 2.45. The van der Waals surface area contributed by atoms with Crippen molar-refractivity contribution in [2.24, 2.45) is 0 Å². The van der Waals surface area contributed by atoms with Crippen LogP contribution in [-0.2, 0) is 10.8 Å². The highest BCUT2D eigenvalue weighted by molar-refractivity contribution is 7.84. The van der Waals surface area contributed by atoms with Gasteiger partial charge in [0.25, 0.3) is 5.91 Å². The molecule has 6 heteroatoms. The molecule has 0 aliphatic carbocycles. The normalized spacial score (nSPS) is 13.8. The molecule has 1 aromatic heterocycles. The number of carbonyl (C=O) groups excluding carboxylic acids is 1. The minimum absolute atomic E-state index is 0.0614. The van der Waals surface area contributed by atoms with E-state index in [1.54, 1.807) is 25.6 Å². The summed E-state index contributed by atoms with van der Waals surface area (Å²) < 4.78 is 11.2. The molecule has 0 aliphatic heterocycles. The number of anilines is 1. The molecule has 1 rings (SSSR count). The van der Waals surface area contributed by atoms with Crippen LogP contribution in [0, 0.1) is 0 Å². The topological polar surface area (TPSA) is 71.1 Å². The van der Waals surface area contributed by atoms with Crippen LogP contribution in [0.25, 0.3) is 0 Å². The number of pyridine rings is 1. The number of nitrogens with one attached hydrogen (secondary N) is 2. The number of hydrogen-bond acceptors (Lipinski definition) is 4. The summed E-state index contributed by atoms with van der Waals surface area (Å²) >= 11 is 0. The van der Waals surface area contributed by atoms with Crippen molar-refractivity contribution in [1.82, 2.24) is 10.3 Å². The molecule has 0 radical (unpaired) electrons. The molecule has 0 spiro atoms. The van der Waals surface area contributed by atoms with Crippen molar-refractivity contribution in [3.05, 3.63) is 24.0 Å². The average molecular weight is 255 g/mol. The quantitative estimate of drug-likeness (QED) is 0.809. The summed E-state index contributed by atoms with van der Waals surface area (Å²) in [6.45, 7) is 2.22. The van der Waals surface area contributed by atoms with Crippen LogP contribution in [0.3, 0.4) is 0 Å². The predicted octanol–water partition coefficient (Wildman–Crippen LogP) is 0.620. The van der Waals surface area contributed by atoms with Gasteiger partial charge in [0.05, 0.1) is 5.56 Å². The fourth-order valence-electron chi connectivity index (χ4n) is 1.24. The van der Waals surface area contributed by atoms with Gasteiger partial charge in [-0.1, -0.05) is 0 Å². The Hall–Kier alpha value is -1.43. The lowest BCUT2D eigenvalue weighted by atomic mass is 10.2. The third kappa shape index (κ3) is 3.81. The van der Waals surface area contributed by atoms with Gasteiger partial charge in [0.2, 0.25) is 0 Å². The lowest BCUT2D eigenvalue weighted by molar-refractivity contribution is 0.0954. The molecule has 0 saturated heterocycles. The zero-order chi connectivity index (χ0) is 12.8. The summed E-state index contributed by atoms with van der Waals surface area (Å²) in [6, 6.07) is 1.73. The predicted molar refractivity (Wildman–Crippen MR) is 69.6 cm³/mol. The van der Waals surface area contributed by atoms with Gasteiger partial charge >= 0.3 is 0 Å². The smallest absolute Gasteiger partial charge is 0.254 e. The van der Waals surface area contributed by atoms with Crippen LogP contribution in [0.15, 0.2) is 18.5 Å². The van der Waals surface area contributed by atoms with Gasteiger partial charge < -0.3 is 10.6 Å². The van der Waals surface area contributed by atoms with Gasteiger partial charge in [-0.15, -0.1) is 0 Å². The molecule has 0 aliphatic rings. The van der Waals surface area contributed by atoms with E-state index in [1.807, 2.05) is 6.92 Å². The Morgan fingerprint density at radius 2 is 2.29 bits per heavy atom. The fraction of sp³-hybridized carbons (Fsp3) is 0.455. The highest BCUT2D eigenvalue weighted by atomic mass is 32.2. The molecule has 0 saturated carbocycles. The van der Waals surface area contributed by atoms with Crippen LogP contribution >= 0.6 is 0 Å². The van der Waals surface area contributed by atoms with E-state index in [-0.39, 0.29) is 11.2 Å². The van der Waals surface area contributed by atoms with E-state index in [0.717, 1.165) is 5.69 Å². The van der Waals surface area contributed by atoms with Crippen molar-refractivity contribution in [1.29, 1.82) is 0 Å². The molecular formula is C11H17N3O2S. The maximum Gasteiger partial charge on any atom is 0.254 e. The van der Waals surface area contributed by atoms with Gasteiger partial charge in [0.15, 0.2) is 0 Å². The molecule has 0 bridgehead atoms. The third-order valence-corrected chi connectivity index (χ3v) is 3.75. The van der Waals surface area contributed by atoms with Crippen LogP contribution in [0.4, 0.5) is 5.69 Å². The van der Waals surface area contributed by atoms with E-state index >= 15 is 0 Å². The molecule has 0 fully saturated rings. The monoisotopic (exact) mass is 255 g/mol. The van der Waals surface area contributed by atoms with E-state index < -0.39 is 10.8 Å². The Kier molecular flexibility index (Phi) is 5.09. The summed E-state index contributed by atoms with van der Waals surface area (Å²) in [7, 11) is 0.810. The van der Waals surface area contributed by atoms with Crippen LogP contribution < -0.4 is 10.6 Å². The Morgan fingerprint density at radius 3 is 2.88 bits per heavy atom. The van der Waals surface area contributed by atoms with Crippen LogP contribution in [0.1, 0.15) is 17.3 Å². The van der Waals surface area contributed by atoms with Crippen LogP contribution in [0.2, 0.25) is 0 Å². The van der Waals surface area contributed by atoms with Crippen molar-refractivity contribution < 1.29 is 9.00 Å². The van der Waals surface area contributed by atoms with Gasteiger partial charge in [0.1, 0.15) is 0 Å². The SMILES string of the molecule is CNc1ccncc1C(=O)NCC(C)S(C)=O. The van der Waals surface area contributed by atoms with E-state index in [9.17, 15) is 9.00 Å². The molecule has 1 aromatic rings. The summed E-state index contributed by atoms with van der Waals surface area (Å²) in [5.41, 5.74) is 1.21. The lowest BCUT2D eigenvalue weighted by Crippen LogP contribution is -2.33. The van der Waals surface area contributed by atoms with Gasteiger partial charge in [-0.25, -0.2) is 0 Å². The molecule has 1 heterocycles. The molecule has 2 atom stereocenters. The standard InChI is InChI=1S/C11H17N3O2S/c1-8(17(3)16)6-14-11(15)9-7-13-5-4-10(9)12-2/h4-5,7-8H,6H2,1-3H3,(H,12,13)(H,14,15). The summed E-state index contributed by atoms with van der Waals surface area (Å²) in [6.07, 6.45) is 4.75. The zero-order valence-corrected chi connectivity index (χ0v) is 11.0. The second-order valence-corrected chi connectivity index (χ2v) is 5.49. The van der Waals surface area contributed by atoms with Crippen molar-refractivity contribution in [2.45, 2.75) is 12.2 Å². The Balaban J connectivity index is 2.67. The van der Waals surface area contributed by atoms with Crippen LogP contribution in [0.5, 0.6) is 0 Å². The minimum Gasteiger partial charge on any atom is -0.387 e. The first kappa shape index (κ1) is 13.6. The summed E-state index contributed by atoms with van der Waals surface area (Å²) in [5, 5.41) is 5.61. The average Bonchev–Trinajstić information content (AvgIpc) is 2.35. The number of carbonyl (C=O) groups is 1. The van der Waals surface area contributed by atoms with Crippen molar-refractivity contribution in [3.8, 4) is 0 Å². The molecule has 0 aromatic carbocycles.